The zero-order valence-corrected chi connectivity index (χ0v) is 16.9. The third kappa shape index (κ3) is 4.99. The first-order valence-corrected chi connectivity index (χ1v) is 9.71. The van der Waals surface area contributed by atoms with Crippen molar-refractivity contribution in [2.75, 3.05) is 57.2 Å². The summed E-state index contributed by atoms with van der Waals surface area (Å²) in [6.07, 6.45) is 0.365. The molecule has 29 heavy (non-hydrogen) atoms. The summed E-state index contributed by atoms with van der Waals surface area (Å²) in [6.45, 7) is 3.35. The van der Waals surface area contributed by atoms with Crippen LogP contribution in [-0.2, 0) is 9.53 Å². The Kier molecular flexibility index (Phi) is 6.94. The maximum atomic E-state index is 12.6. The second-order valence-electron chi connectivity index (χ2n) is 6.75. The molecule has 0 atom stereocenters. The monoisotopic (exact) mass is 397 g/mol. The van der Waals surface area contributed by atoms with Gasteiger partial charge in [0, 0.05) is 44.8 Å². The summed E-state index contributed by atoms with van der Waals surface area (Å²) in [5.41, 5.74) is 2.20. The van der Waals surface area contributed by atoms with Gasteiger partial charge in [0.1, 0.15) is 5.75 Å². The van der Waals surface area contributed by atoms with Gasteiger partial charge in [-0.3, -0.25) is 4.79 Å². The Labute approximate surface area is 171 Å². The average Bonchev–Trinajstić information content (AvgIpc) is 2.79. The molecule has 1 amide bonds. The quantitative estimate of drug-likeness (QED) is 0.725. The van der Waals surface area contributed by atoms with E-state index in [9.17, 15) is 9.59 Å². The Morgan fingerprint density at radius 2 is 1.66 bits per heavy atom. The van der Waals surface area contributed by atoms with Crippen LogP contribution in [0.15, 0.2) is 48.5 Å². The van der Waals surface area contributed by atoms with Gasteiger partial charge in [0.2, 0.25) is 5.91 Å². The molecular weight excluding hydrogens is 370 g/mol. The number of ether oxygens (including phenoxy) is 2. The lowest BCUT2D eigenvalue weighted by molar-refractivity contribution is -0.131. The maximum absolute atomic E-state index is 12.6. The summed E-state index contributed by atoms with van der Waals surface area (Å²) in [4.78, 5) is 28.5. The fourth-order valence-corrected chi connectivity index (χ4v) is 3.48. The summed E-state index contributed by atoms with van der Waals surface area (Å²) in [6, 6.07) is 15.1. The van der Waals surface area contributed by atoms with Crippen LogP contribution in [0.5, 0.6) is 5.75 Å². The van der Waals surface area contributed by atoms with Crippen molar-refractivity contribution >= 4 is 23.3 Å². The van der Waals surface area contributed by atoms with Crippen LogP contribution >= 0.6 is 0 Å². The molecule has 7 heteroatoms. The van der Waals surface area contributed by atoms with E-state index in [1.807, 2.05) is 41.3 Å². The number of rotatable bonds is 7. The van der Waals surface area contributed by atoms with Crippen molar-refractivity contribution in [2.45, 2.75) is 6.42 Å². The SMILES string of the molecule is COC(=O)c1ccccc1NCCC(=O)N1CCN(c2ccccc2OC)CC1. The first-order chi connectivity index (χ1) is 14.1. The number of para-hydroxylation sites is 3. The molecule has 0 saturated carbocycles. The smallest absolute Gasteiger partial charge is 0.339 e. The van der Waals surface area contributed by atoms with Crippen LogP contribution in [0.25, 0.3) is 0 Å². The first-order valence-electron chi connectivity index (χ1n) is 9.71. The number of methoxy groups -OCH3 is 2. The van der Waals surface area contributed by atoms with E-state index in [2.05, 4.69) is 10.2 Å². The van der Waals surface area contributed by atoms with E-state index < -0.39 is 5.97 Å². The van der Waals surface area contributed by atoms with Gasteiger partial charge in [-0.2, -0.15) is 0 Å². The first kappa shape index (κ1) is 20.5. The topological polar surface area (TPSA) is 71.1 Å². The number of benzene rings is 2. The summed E-state index contributed by atoms with van der Waals surface area (Å²) in [7, 11) is 3.03. The van der Waals surface area contributed by atoms with Crippen molar-refractivity contribution in [3.05, 3.63) is 54.1 Å². The minimum Gasteiger partial charge on any atom is -0.495 e. The average molecular weight is 397 g/mol. The number of nitrogens with zero attached hydrogens (tertiary/aromatic N) is 2. The fourth-order valence-electron chi connectivity index (χ4n) is 3.48. The lowest BCUT2D eigenvalue weighted by Crippen LogP contribution is -2.49. The minimum atomic E-state index is -0.396. The van der Waals surface area contributed by atoms with Gasteiger partial charge in [-0.1, -0.05) is 24.3 Å². The second-order valence-corrected chi connectivity index (χ2v) is 6.75. The molecule has 154 valence electrons. The number of anilines is 2. The van der Waals surface area contributed by atoms with Crippen molar-refractivity contribution < 1.29 is 19.1 Å². The minimum absolute atomic E-state index is 0.104. The standard InChI is InChI=1S/C22H27N3O4/c1-28-20-10-6-5-9-19(20)24-13-15-25(16-14-24)21(26)11-12-23-18-8-4-3-7-17(18)22(27)29-2/h3-10,23H,11-16H2,1-2H3. The Balaban J connectivity index is 1.49. The number of amides is 1. The van der Waals surface area contributed by atoms with Gasteiger partial charge in [-0.15, -0.1) is 0 Å². The molecule has 1 fully saturated rings. The Morgan fingerprint density at radius 3 is 2.38 bits per heavy atom. The molecular formula is C22H27N3O4. The molecule has 0 radical (unpaired) electrons. The second kappa shape index (κ2) is 9.82. The van der Waals surface area contributed by atoms with Gasteiger partial charge in [-0.25, -0.2) is 4.79 Å². The highest BCUT2D eigenvalue weighted by atomic mass is 16.5. The molecule has 0 aromatic heterocycles. The zero-order valence-electron chi connectivity index (χ0n) is 16.9. The molecule has 0 bridgehead atoms. The molecule has 7 nitrogen and oxygen atoms in total. The molecule has 2 aromatic carbocycles. The van der Waals surface area contributed by atoms with Crippen molar-refractivity contribution in [1.82, 2.24) is 4.90 Å². The van der Waals surface area contributed by atoms with E-state index in [0.717, 1.165) is 24.5 Å². The molecule has 1 aliphatic heterocycles. The van der Waals surface area contributed by atoms with Gasteiger partial charge in [-0.05, 0) is 24.3 Å². The highest BCUT2D eigenvalue weighted by Gasteiger charge is 2.22. The molecule has 1 N–H and O–H groups in total. The predicted molar refractivity (Wildman–Crippen MR) is 113 cm³/mol. The summed E-state index contributed by atoms with van der Waals surface area (Å²) < 4.78 is 10.2. The van der Waals surface area contributed by atoms with Gasteiger partial charge >= 0.3 is 5.97 Å². The maximum Gasteiger partial charge on any atom is 0.339 e. The third-order valence-corrected chi connectivity index (χ3v) is 5.04. The Bertz CT molecular complexity index is 847. The summed E-state index contributed by atoms with van der Waals surface area (Å²) in [5.74, 6) is 0.556. The van der Waals surface area contributed by atoms with Crippen LogP contribution in [0.4, 0.5) is 11.4 Å². The van der Waals surface area contributed by atoms with E-state index in [1.54, 1.807) is 19.2 Å². The van der Waals surface area contributed by atoms with Crippen LogP contribution in [0.3, 0.4) is 0 Å². The molecule has 1 saturated heterocycles. The van der Waals surface area contributed by atoms with Crippen molar-refractivity contribution in [3.8, 4) is 5.75 Å². The van der Waals surface area contributed by atoms with Crippen LogP contribution in [0, 0.1) is 0 Å². The van der Waals surface area contributed by atoms with E-state index >= 15 is 0 Å². The van der Waals surface area contributed by atoms with Crippen molar-refractivity contribution in [2.24, 2.45) is 0 Å². The molecule has 1 aliphatic rings. The van der Waals surface area contributed by atoms with Crippen molar-refractivity contribution in [3.63, 3.8) is 0 Å². The number of carbonyl (C=O) groups excluding carboxylic acids is 2. The zero-order chi connectivity index (χ0) is 20.6. The van der Waals surface area contributed by atoms with Crippen LogP contribution in [0.2, 0.25) is 0 Å². The largest absolute Gasteiger partial charge is 0.495 e. The Morgan fingerprint density at radius 1 is 0.966 bits per heavy atom. The molecule has 1 heterocycles. The number of hydrogen-bond acceptors (Lipinski definition) is 6. The van der Waals surface area contributed by atoms with Gasteiger partial charge in [0.05, 0.1) is 25.5 Å². The lowest BCUT2D eigenvalue weighted by atomic mass is 10.1. The van der Waals surface area contributed by atoms with Crippen LogP contribution in [-0.4, -0.2) is 63.7 Å². The van der Waals surface area contributed by atoms with E-state index in [4.69, 9.17) is 9.47 Å². The molecule has 0 spiro atoms. The molecule has 0 aliphatic carbocycles. The number of hydrogen-bond donors (Lipinski definition) is 1. The summed E-state index contributed by atoms with van der Waals surface area (Å²) >= 11 is 0. The number of esters is 1. The van der Waals surface area contributed by atoms with Crippen LogP contribution in [0.1, 0.15) is 16.8 Å². The number of carbonyl (C=O) groups is 2. The molecule has 3 rings (SSSR count). The highest BCUT2D eigenvalue weighted by molar-refractivity contribution is 5.95. The van der Waals surface area contributed by atoms with Crippen LogP contribution < -0.4 is 15.0 Å². The normalized spacial score (nSPS) is 13.7. The Hall–Kier alpha value is -3.22. The lowest BCUT2D eigenvalue weighted by Gasteiger charge is -2.36. The van der Waals surface area contributed by atoms with Gasteiger partial charge < -0.3 is 24.6 Å². The molecule has 2 aromatic rings. The molecule has 0 unspecified atom stereocenters. The van der Waals surface area contributed by atoms with E-state index in [1.165, 1.54) is 7.11 Å². The van der Waals surface area contributed by atoms with Gasteiger partial charge in [0.25, 0.3) is 0 Å². The number of nitrogens with one attached hydrogen (secondary N) is 1. The highest BCUT2D eigenvalue weighted by Crippen LogP contribution is 2.28. The van der Waals surface area contributed by atoms with E-state index in [0.29, 0.717) is 37.3 Å². The van der Waals surface area contributed by atoms with Gasteiger partial charge in [0.15, 0.2) is 0 Å². The predicted octanol–water partition coefficient (Wildman–Crippen LogP) is 2.63. The van der Waals surface area contributed by atoms with Crippen molar-refractivity contribution in [1.29, 1.82) is 0 Å². The fraction of sp³-hybridized carbons (Fsp3) is 0.364. The summed E-state index contributed by atoms with van der Waals surface area (Å²) in [5, 5.41) is 3.17. The van der Waals surface area contributed by atoms with E-state index in [-0.39, 0.29) is 5.91 Å². The number of piperazine rings is 1. The third-order valence-electron chi connectivity index (χ3n) is 5.04.